The smallest absolute Gasteiger partial charge is 0.0220 e. The molecule has 1 N–H and O–H groups in total. The Bertz CT molecular complexity index is 216. The second kappa shape index (κ2) is 6.72. The molecule has 0 bridgehead atoms. The monoisotopic (exact) mass is 241 g/mol. The van der Waals surface area contributed by atoms with Gasteiger partial charge < -0.3 is 10.2 Å². The SMILES string of the molecule is CCC1CN(C)CCCN1CC(C)(C)CNC. The minimum Gasteiger partial charge on any atom is -0.319 e. The summed E-state index contributed by atoms with van der Waals surface area (Å²) in [5.41, 5.74) is 0.366. The maximum absolute atomic E-state index is 3.32. The van der Waals surface area contributed by atoms with Crippen LogP contribution in [-0.2, 0) is 0 Å². The van der Waals surface area contributed by atoms with Crippen LogP contribution in [0.2, 0.25) is 0 Å². The van der Waals surface area contributed by atoms with Crippen LogP contribution in [0.25, 0.3) is 0 Å². The third-order valence-electron chi connectivity index (χ3n) is 3.78. The van der Waals surface area contributed by atoms with Gasteiger partial charge in [-0.2, -0.15) is 0 Å². The molecule has 0 amide bonds. The van der Waals surface area contributed by atoms with Crippen molar-refractivity contribution in [1.29, 1.82) is 0 Å². The van der Waals surface area contributed by atoms with Crippen LogP contribution in [0.1, 0.15) is 33.6 Å². The fourth-order valence-corrected chi connectivity index (χ4v) is 2.97. The highest BCUT2D eigenvalue weighted by Gasteiger charge is 2.27. The van der Waals surface area contributed by atoms with Crippen LogP contribution in [0.3, 0.4) is 0 Å². The third kappa shape index (κ3) is 4.94. The number of hydrogen-bond acceptors (Lipinski definition) is 3. The zero-order valence-corrected chi connectivity index (χ0v) is 12.4. The molecule has 3 nitrogen and oxygen atoms in total. The van der Waals surface area contributed by atoms with E-state index >= 15 is 0 Å². The van der Waals surface area contributed by atoms with Gasteiger partial charge in [0, 0.05) is 25.7 Å². The summed E-state index contributed by atoms with van der Waals surface area (Å²) in [6.07, 6.45) is 2.57. The van der Waals surface area contributed by atoms with Crippen molar-refractivity contribution in [3.8, 4) is 0 Å². The van der Waals surface area contributed by atoms with Crippen LogP contribution in [0.15, 0.2) is 0 Å². The Morgan fingerprint density at radius 2 is 2.00 bits per heavy atom. The van der Waals surface area contributed by atoms with Crippen molar-refractivity contribution in [1.82, 2.24) is 15.1 Å². The molecule has 102 valence electrons. The fraction of sp³-hybridized carbons (Fsp3) is 1.00. The quantitative estimate of drug-likeness (QED) is 0.789. The van der Waals surface area contributed by atoms with Gasteiger partial charge in [-0.1, -0.05) is 20.8 Å². The van der Waals surface area contributed by atoms with E-state index in [1.807, 2.05) is 0 Å². The van der Waals surface area contributed by atoms with Gasteiger partial charge in [-0.05, 0) is 45.4 Å². The van der Waals surface area contributed by atoms with Crippen LogP contribution in [0.5, 0.6) is 0 Å². The van der Waals surface area contributed by atoms with E-state index in [2.05, 4.69) is 50.0 Å². The van der Waals surface area contributed by atoms with E-state index in [4.69, 9.17) is 0 Å². The fourth-order valence-electron chi connectivity index (χ4n) is 2.97. The van der Waals surface area contributed by atoms with E-state index in [9.17, 15) is 0 Å². The molecule has 1 rings (SSSR count). The van der Waals surface area contributed by atoms with Gasteiger partial charge in [-0.25, -0.2) is 0 Å². The molecule has 0 aromatic rings. The Balaban J connectivity index is 2.59. The normalized spacial score (nSPS) is 24.9. The molecule has 1 saturated heterocycles. The van der Waals surface area contributed by atoms with Gasteiger partial charge in [0.2, 0.25) is 0 Å². The molecule has 1 aliphatic rings. The predicted octanol–water partition coefficient (Wildman–Crippen LogP) is 1.65. The van der Waals surface area contributed by atoms with Gasteiger partial charge in [0.15, 0.2) is 0 Å². The van der Waals surface area contributed by atoms with Crippen molar-refractivity contribution in [2.24, 2.45) is 5.41 Å². The summed E-state index contributed by atoms with van der Waals surface area (Å²) < 4.78 is 0. The third-order valence-corrected chi connectivity index (χ3v) is 3.78. The largest absolute Gasteiger partial charge is 0.319 e. The minimum absolute atomic E-state index is 0.366. The second-order valence-electron chi connectivity index (χ2n) is 6.34. The van der Waals surface area contributed by atoms with E-state index in [1.165, 1.54) is 39.0 Å². The van der Waals surface area contributed by atoms with Crippen LogP contribution >= 0.6 is 0 Å². The first-order chi connectivity index (χ1) is 7.98. The maximum atomic E-state index is 3.32. The van der Waals surface area contributed by atoms with Crippen molar-refractivity contribution in [3.63, 3.8) is 0 Å². The molecule has 1 heterocycles. The van der Waals surface area contributed by atoms with E-state index in [0.717, 1.165) is 12.6 Å². The summed E-state index contributed by atoms with van der Waals surface area (Å²) in [6.45, 7) is 13.1. The molecule has 1 unspecified atom stereocenters. The van der Waals surface area contributed by atoms with Gasteiger partial charge in [0.25, 0.3) is 0 Å². The molecule has 0 saturated carbocycles. The van der Waals surface area contributed by atoms with Gasteiger partial charge in [-0.3, -0.25) is 4.90 Å². The summed E-state index contributed by atoms with van der Waals surface area (Å²) in [5.74, 6) is 0. The number of hydrogen-bond donors (Lipinski definition) is 1. The van der Waals surface area contributed by atoms with Crippen LogP contribution in [0.4, 0.5) is 0 Å². The van der Waals surface area contributed by atoms with Crippen molar-refractivity contribution in [2.45, 2.75) is 39.7 Å². The summed E-state index contributed by atoms with van der Waals surface area (Å²) >= 11 is 0. The Morgan fingerprint density at radius 1 is 1.29 bits per heavy atom. The molecule has 17 heavy (non-hydrogen) atoms. The summed E-state index contributed by atoms with van der Waals surface area (Å²) in [6, 6.07) is 0.735. The van der Waals surface area contributed by atoms with Crippen molar-refractivity contribution in [3.05, 3.63) is 0 Å². The zero-order valence-electron chi connectivity index (χ0n) is 12.4. The van der Waals surface area contributed by atoms with Gasteiger partial charge in [0.1, 0.15) is 0 Å². The molecular formula is C14H31N3. The highest BCUT2D eigenvalue weighted by molar-refractivity contribution is 4.83. The Kier molecular flexibility index (Phi) is 5.90. The summed E-state index contributed by atoms with van der Waals surface area (Å²) in [5, 5.41) is 3.32. The first kappa shape index (κ1) is 14.9. The first-order valence-corrected chi connectivity index (χ1v) is 7.05. The molecule has 0 radical (unpaired) electrons. The highest BCUT2D eigenvalue weighted by Crippen LogP contribution is 2.20. The van der Waals surface area contributed by atoms with Crippen molar-refractivity contribution in [2.75, 3.05) is 46.8 Å². The Hall–Kier alpha value is -0.120. The van der Waals surface area contributed by atoms with Crippen molar-refractivity contribution < 1.29 is 0 Å². The lowest BCUT2D eigenvalue weighted by Crippen LogP contribution is -2.46. The average Bonchev–Trinajstić information content (AvgIpc) is 2.39. The average molecular weight is 241 g/mol. The van der Waals surface area contributed by atoms with E-state index in [0.29, 0.717) is 5.41 Å². The molecule has 1 fully saturated rings. The van der Waals surface area contributed by atoms with Crippen molar-refractivity contribution >= 4 is 0 Å². The Morgan fingerprint density at radius 3 is 2.59 bits per heavy atom. The molecular weight excluding hydrogens is 210 g/mol. The minimum atomic E-state index is 0.366. The number of rotatable bonds is 5. The maximum Gasteiger partial charge on any atom is 0.0220 e. The summed E-state index contributed by atoms with van der Waals surface area (Å²) in [4.78, 5) is 5.19. The molecule has 3 heteroatoms. The van der Waals surface area contributed by atoms with E-state index in [-0.39, 0.29) is 0 Å². The molecule has 0 spiro atoms. The molecule has 1 atom stereocenters. The molecule has 1 aliphatic heterocycles. The molecule has 0 aromatic heterocycles. The van der Waals surface area contributed by atoms with Crippen LogP contribution in [-0.4, -0.2) is 62.7 Å². The van der Waals surface area contributed by atoms with Gasteiger partial charge in [-0.15, -0.1) is 0 Å². The van der Waals surface area contributed by atoms with E-state index in [1.54, 1.807) is 0 Å². The number of likely N-dealkylation sites (N-methyl/N-ethyl adjacent to an activating group) is 1. The van der Waals surface area contributed by atoms with E-state index < -0.39 is 0 Å². The lowest BCUT2D eigenvalue weighted by atomic mass is 9.91. The number of nitrogens with zero attached hydrogens (tertiary/aromatic N) is 2. The lowest BCUT2D eigenvalue weighted by Gasteiger charge is -2.37. The van der Waals surface area contributed by atoms with Crippen LogP contribution < -0.4 is 5.32 Å². The topological polar surface area (TPSA) is 18.5 Å². The molecule has 0 aromatic carbocycles. The zero-order chi connectivity index (χ0) is 12.9. The highest BCUT2D eigenvalue weighted by atomic mass is 15.2. The standard InChI is InChI=1S/C14H31N3/c1-6-13-10-16(5)8-7-9-17(13)12-14(2,3)11-15-4/h13,15H,6-12H2,1-5H3. The molecule has 0 aliphatic carbocycles. The lowest BCUT2D eigenvalue weighted by molar-refractivity contribution is 0.124. The summed E-state index contributed by atoms with van der Waals surface area (Å²) in [7, 11) is 4.31. The number of nitrogens with one attached hydrogen (secondary N) is 1. The predicted molar refractivity (Wildman–Crippen MR) is 75.5 cm³/mol. The second-order valence-corrected chi connectivity index (χ2v) is 6.34. The Labute approximate surface area is 108 Å². The van der Waals surface area contributed by atoms with Gasteiger partial charge in [0.05, 0.1) is 0 Å². The van der Waals surface area contributed by atoms with Crippen LogP contribution in [0, 0.1) is 5.41 Å². The van der Waals surface area contributed by atoms with Gasteiger partial charge >= 0.3 is 0 Å². The first-order valence-electron chi connectivity index (χ1n) is 7.05.